The summed E-state index contributed by atoms with van der Waals surface area (Å²) in [5.74, 6) is -1.56. The maximum Gasteiger partial charge on any atom is 0.172 e. The van der Waals surface area contributed by atoms with Crippen molar-refractivity contribution in [1.82, 2.24) is 0 Å². The molecule has 66 valence electrons. The molecule has 0 spiro atoms. The lowest BCUT2D eigenvalue weighted by Crippen LogP contribution is -1.96. The van der Waals surface area contributed by atoms with Gasteiger partial charge >= 0.3 is 0 Å². The summed E-state index contributed by atoms with van der Waals surface area (Å²) in [6, 6.07) is 1.16. The number of rotatable bonds is 1. The van der Waals surface area contributed by atoms with Crippen LogP contribution in [0.5, 0.6) is 0 Å². The Bertz CT molecular complexity index is 312. The second-order valence-electron chi connectivity index (χ2n) is 2.30. The number of hydrogen-bond acceptors (Lipinski definition) is 0. The first-order chi connectivity index (χ1) is 5.57. The number of halogens is 4. The van der Waals surface area contributed by atoms with Crippen molar-refractivity contribution in [3.63, 3.8) is 0 Å². The van der Waals surface area contributed by atoms with Gasteiger partial charge in [0.05, 0.1) is 3.57 Å². The first-order valence-corrected chi connectivity index (χ1v) is 5.27. The minimum Gasteiger partial charge on any atom is -0.204 e. The largest absolute Gasteiger partial charge is 0.204 e. The quantitative estimate of drug-likeness (QED) is 0.411. The lowest BCUT2D eigenvalue weighted by molar-refractivity contribution is 0.501. The molecular formula is C8H6BrF2I. The predicted octanol–water partition coefficient (Wildman–Crippen LogP) is 3.89. The molecule has 0 N–H and O–H groups in total. The van der Waals surface area contributed by atoms with Crippen LogP contribution in [0.25, 0.3) is 0 Å². The smallest absolute Gasteiger partial charge is 0.172 e. The van der Waals surface area contributed by atoms with Crippen LogP contribution in [0.1, 0.15) is 12.5 Å². The fourth-order valence-electron chi connectivity index (χ4n) is 0.928. The van der Waals surface area contributed by atoms with Gasteiger partial charge in [-0.3, -0.25) is 0 Å². The molecule has 1 aromatic rings. The summed E-state index contributed by atoms with van der Waals surface area (Å²) >= 11 is 4.99. The van der Waals surface area contributed by atoms with Crippen LogP contribution in [0.15, 0.2) is 10.5 Å². The van der Waals surface area contributed by atoms with Crippen molar-refractivity contribution in [3.8, 4) is 0 Å². The highest BCUT2D eigenvalue weighted by Gasteiger charge is 2.13. The fourth-order valence-corrected chi connectivity index (χ4v) is 2.91. The summed E-state index contributed by atoms with van der Waals surface area (Å²) in [4.78, 5) is 0. The minimum absolute atomic E-state index is 0.363. The standard InChI is InChI=1S/C8H6BrF2I/c1-2-4-5(9)3-6(10)7(11)8(4)12/h3H,2H2,1H3. The molecule has 1 rings (SSSR count). The Kier molecular flexibility index (Phi) is 3.46. The summed E-state index contributed by atoms with van der Waals surface area (Å²) in [6.45, 7) is 1.90. The van der Waals surface area contributed by atoms with Gasteiger partial charge in [-0.25, -0.2) is 8.78 Å². The van der Waals surface area contributed by atoms with E-state index in [0.29, 0.717) is 14.5 Å². The Morgan fingerprint density at radius 1 is 1.50 bits per heavy atom. The third kappa shape index (κ3) is 1.79. The van der Waals surface area contributed by atoms with Crippen LogP contribution >= 0.6 is 38.5 Å². The van der Waals surface area contributed by atoms with Crippen molar-refractivity contribution in [1.29, 1.82) is 0 Å². The van der Waals surface area contributed by atoms with Crippen LogP contribution in [-0.4, -0.2) is 0 Å². The Labute approximate surface area is 91.6 Å². The zero-order valence-electron chi connectivity index (χ0n) is 6.30. The monoisotopic (exact) mass is 346 g/mol. The van der Waals surface area contributed by atoms with Crippen LogP contribution in [0.2, 0.25) is 0 Å². The van der Waals surface area contributed by atoms with Crippen molar-refractivity contribution in [2.24, 2.45) is 0 Å². The third-order valence-corrected chi connectivity index (χ3v) is 3.39. The molecule has 0 nitrogen and oxygen atoms in total. The summed E-state index contributed by atoms with van der Waals surface area (Å²) in [5, 5.41) is 0. The van der Waals surface area contributed by atoms with E-state index in [-0.39, 0.29) is 0 Å². The van der Waals surface area contributed by atoms with Gasteiger partial charge < -0.3 is 0 Å². The van der Waals surface area contributed by atoms with E-state index >= 15 is 0 Å². The zero-order valence-corrected chi connectivity index (χ0v) is 10.0. The summed E-state index contributed by atoms with van der Waals surface area (Å²) in [7, 11) is 0. The van der Waals surface area contributed by atoms with Gasteiger partial charge in [-0.2, -0.15) is 0 Å². The molecule has 0 bridgehead atoms. The molecule has 0 atom stereocenters. The minimum atomic E-state index is -0.802. The lowest BCUT2D eigenvalue weighted by atomic mass is 10.2. The van der Waals surface area contributed by atoms with Gasteiger partial charge in [0.15, 0.2) is 11.6 Å². The van der Waals surface area contributed by atoms with E-state index in [2.05, 4.69) is 15.9 Å². The number of benzene rings is 1. The molecule has 0 radical (unpaired) electrons. The Morgan fingerprint density at radius 2 is 2.08 bits per heavy atom. The maximum absolute atomic E-state index is 13.0. The second kappa shape index (κ2) is 4.00. The average Bonchev–Trinajstić information content (AvgIpc) is 2.01. The molecular weight excluding hydrogens is 341 g/mol. The maximum atomic E-state index is 13.0. The Morgan fingerprint density at radius 3 is 2.58 bits per heavy atom. The zero-order chi connectivity index (χ0) is 9.30. The number of hydrogen-bond donors (Lipinski definition) is 0. The molecule has 1 aromatic carbocycles. The van der Waals surface area contributed by atoms with Crippen LogP contribution in [0.4, 0.5) is 8.78 Å². The fraction of sp³-hybridized carbons (Fsp3) is 0.250. The van der Waals surface area contributed by atoms with E-state index in [9.17, 15) is 8.78 Å². The highest BCUT2D eigenvalue weighted by atomic mass is 127. The van der Waals surface area contributed by atoms with Crippen molar-refractivity contribution >= 4 is 38.5 Å². The van der Waals surface area contributed by atoms with Crippen molar-refractivity contribution in [2.45, 2.75) is 13.3 Å². The Balaban J connectivity index is 3.40. The first-order valence-electron chi connectivity index (χ1n) is 3.39. The van der Waals surface area contributed by atoms with E-state index in [1.807, 2.05) is 29.5 Å². The van der Waals surface area contributed by atoms with Gasteiger partial charge in [0, 0.05) is 4.47 Å². The van der Waals surface area contributed by atoms with Crippen molar-refractivity contribution in [3.05, 3.63) is 31.3 Å². The average molecular weight is 347 g/mol. The highest BCUT2D eigenvalue weighted by Crippen LogP contribution is 2.27. The molecule has 0 aliphatic rings. The van der Waals surface area contributed by atoms with Gasteiger partial charge in [-0.05, 0) is 40.6 Å². The van der Waals surface area contributed by atoms with Crippen LogP contribution in [-0.2, 0) is 6.42 Å². The lowest BCUT2D eigenvalue weighted by Gasteiger charge is -2.05. The van der Waals surface area contributed by atoms with Gasteiger partial charge in [-0.1, -0.05) is 22.9 Å². The van der Waals surface area contributed by atoms with Crippen LogP contribution in [0, 0.1) is 15.2 Å². The second-order valence-corrected chi connectivity index (χ2v) is 4.23. The topological polar surface area (TPSA) is 0 Å². The third-order valence-electron chi connectivity index (χ3n) is 1.56. The molecule has 0 aromatic heterocycles. The van der Waals surface area contributed by atoms with Crippen molar-refractivity contribution < 1.29 is 8.78 Å². The summed E-state index contributed by atoms with van der Waals surface area (Å²) < 4.78 is 26.7. The van der Waals surface area contributed by atoms with Crippen LogP contribution in [0.3, 0.4) is 0 Å². The Hall–Kier alpha value is 0.290. The molecule has 0 amide bonds. The van der Waals surface area contributed by atoms with E-state index < -0.39 is 11.6 Å². The van der Waals surface area contributed by atoms with E-state index in [1.165, 1.54) is 0 Å². The van der Waals surface area contributed by atoms with E-state index in [1.54, 1.807) is 0 Å². The molecule has 0 aliphatic carbocycles. The first kappa shape index (κ1) is 10.4. The van der Waals surface area contributed by atoms with Crippen molar-refractivity contribution in [2.75, 3.05) is 0 Å². The van der Waals surface area contributed by atoms with E-state index in [4.69, 9.17) is 0 Å². The molecule has 12 heavy (non-hydrogen) atoms. The summed E-state index contributed by atoms with van der Waals surface area (Å²) in [5.41, 5.74) is 0.814. The molecule has 0 aliphatic heterocycles. The van der Waals surface area contributed by atoms with Gasteiger partial charge in [0.25, 0.3) is 0 Å². The normalized spacial score (nSPS) is 10.4. The molecule has 0 unspecified atom stereocenters. The van der Waals surface area contributed by atoms with Gasteiger partial charge in [0.2, 0.25) is 0 Å². The molecule has 4 heteroatoms. The SMILES string of the molecule is CCc1c(Br)cc(F)c(F)c1I. The van der Waals surface area contributed by atoms with Gasteiger partial charge in [0.1, 0.15) is 0 Å². The molecule has 0 fully saturated rings. The summed E-state index contributed by atoms with van der Waals surface area (Å²) in [6.07, 6.45) is 0.691. The van der Waals surface area contributed by atoms with Gasteiger partial charge in [-0.15, -0.1) is 0 Å². The molecule has 0 saturated carbocycles. The van der Waals surface area contributed by atoms with Crippen LogP contribution < -0.4 is 0 Å². The predicted molar refractivity (Wildman–Crippen MR) is 56.2 cm³/mol. The van der Waals surface area contributed by atoms with E-state index in [0.717, 1.165) is 11.6 Å². The molecule has 0 heterocycles. The highest BCUT2D eigenvalue weighted by molar-refractivity contribution is 14.1. The molecule has 0 saturated heterocycles.